The fraction of sp³-hybridized carbons (Fsp3) is 0.0476. The lowest BCUT2D eigenvalue weighted by molar-refractivity contribution is -0.384. The number of nitrogens with one attached hydrogen (secondary N) is 1. The summed E-state index contributed by atoms with van der Waals surface area (Å²) in [6.45, 7) is 0. The van der Waals surface area contributed by atoms with Crippen LogP contribution < -0.4 is 5.32 Å². The Labute approximate surface area is 183 Å². The van der Waals surface area contributed by atoms with Crippen LogP contribution >= 0.6 is 0 Å². The highest BCUT2D eigenvalue weighted by molar-refractivity contribution is 6.04. The van der Waals surface area contributed by atoms with Gasteiger partial charge >= 0.3 is 6.18 Å². The Morgan fingerprint density at radius 3 is 2.52 bits per heavy atom. The van der Waals surface area contributed by atoms with Gasteiger partial charge in [-0.2, -0.15) is 18.3 Å². The molecule has 0 atom stereocenters. The lowest BCUT2D eigenvalue weighted by Crippen LogP contribution is -2.15. The number of benzene rings is 1. The second kappa shape index (κ2) is 8.49. The molecule has 0 bridgehead atoms. The summed E-state index contributed by atoms with van der Waals surface area (Å²) in [6, 6.07) is 11.8. The van der Waals surface area contributed by atoms with Gasteiger partial charge in [-0.25, -0.2) is 9.67 Å². The largest absolute Gasteiger partial charge is 0.433 e. The van der Waals surface area contributed by atoms with E-state index in [0.717, 1.165) is 18.3 Å². The van der Waals surface area contributed by atoms with E-state index in [2.05, 4.69) is 20.4 Å². The van der Waals surface area contributed by atoms with Crippen LogP contribution in [0.5, 0.6) is 0 Å². The van der Waals surface area contributed by atoms with Gasteiger partial charge in [-0.15, -0.1) is 0 Å². The van der Waals surface area contributed by atoms with Gasteiger partial charge in [-0.1, -0.05) is 6.07 Å². The number of anilines is 1. The van der Waals surface area contributed by atoms with Gasteiger partial charge in [0.05, 0.1) is 22.5 Å². The first-order valence-corrected chi connectivity index (χ1v) is 9.32. The second-order valence-corrected chi connectivity index (χ2v) is 6.73. The number of rotatable bonds is 5. The number of amides is 1. The van der Waals surface area contributed by atoms with Gasteiger partial charge in [0.25, 0.3) is 11.6 Å². The fourth-order valence-electron chi connectivity index (χ4n) is 2.96. The molecule has 9 nitrogen and oxygen atoms in total. The van der Waals surface area contributed by atoms with Crippen LogP contribution in [-0.2, 0) is 6.18 Å². The molecule has 3 heterocycles. The number of hydrogen-bond donors (Lipinski definition) is 1. The number of nitro benzene ring substituents is 1. The van der Waals surface area contributed by atoms with Crippen molar-refractivity contribution in [2.75, 3.05) is 5.32 Å². The molecule has 0 aliphatic rings. The Bertz CT molecular complexity index is 1320. The summed E-state index contributed by atoms with van der Waals surface area (Å²) in [5.74, 6) is -0.756. The predicted molar refractivity (Wildman–Crippen MR) is 111 cm³/mol. The number of non-ortho nitro benzene ring substituents is 1. The van der Waals surface area contributed by atoms with Crippen molar-refractivity contribution in [1.29, 1.82) is 0 Å². The second-order valence-electron chi connectivity index (χ2n) is 6.73. The number of nitrogens with zero attached hydrogens (tertiary/aromatic N) is 5. The average Bonchev–Trinajstić information content (AvgIpc) is 3.26. The van der Waals surface area contributed by atoms with Crippen LogP contribution in [0.3, 0.4) is 0 Å². The molecule has 1 aromatic carbocycles. The van der Waals surface area contributed by atoms with Gasteiger partial charge in [-0.3, -0.25) is 19.9 Å². The Morgan fingerprint density at radius 2 is 1.88 bits per heavy atom. The van der Waals surface area contributed by atoms with Crippen LogP contribution in [0.1, 0.15) is 16.1 Å². The summed E-state index contributed by atoms with van der Waals surface area (Å²) in [4.78, 5) is 30.5. The van der Waals surface area contributed by atoms with Crippen molar-refractivity contribution in [2.24, 2.45) is 0 Å². The van der Waals surface area contributed by atoms with Crippen LogP contribution in [0.4, 0.5) is 24.5 Å². The highest BCUT2D eigenvalue weighted by Crippen LogP contribution is 2.33. The van der Waals surface area contributed by atoms with Gasteiger partial charge in [-0.05, 0) is 36.4 Å². The number of aromatic nitrogens is 4. The highest BCUT2D eigenvalue weighted by atomic mass is 19.4. The quantitative estimate of drug-likeness (QED) is 0.350. The molecular weight excluding hydrogens is 441 g/mol. The van der Waals surface area contributed by atoms with E-state index in [9.17, 15) is 28.1 Å². The molecule has 0 saturated heterocycles. The van der Waals surface area contributed by atoms with Gasteiger partial charge in [0.1, 0.15) is 0 Å². The summed E-state index contributed by atoms with van der Waals surface area (Å²) in [5.41, 5.74) is -0.576. The summed E-state index contributed by atoms with van der Waals surface area (Å²) in [5, 5.41) is 17.4. The van der Waals surface area contributed by atoms with Crippen molar-refractivity contribution in [2.45, 2.75) is 6.18 Å². The maximum Gasteiger partial charge on any atom is 0.433 e. The molecule has 3 aromatic heterocycles. The lowest BCUT2D eigenvalue weighted by atomic mass is 10.2. The smallest absolute Gasteiger partial charge is 0.321 e. The third-order valence-electron chi connectivity index (χ3n) is 4.50. The summed E-state index contributed by atoms with van der Waals surface area (Å²) >= 11 is 0. The molecule has 0 radical (unpaired) electrons. The Kier molecular flexibility index (Phi) is 5.56. The SMILES string of the molecule is O=C(Nc1ccc(-n2nc(-c3cccnc3)cc2C(F)(F)F)nc1)c1cccc([N+](=O)[O-])c1. The van der Waals surface area contributed by atoms with E-state index in [-0.39, 0.29) is 28.5 Å². The fourth-order valence-corrected chi connectivity index (χ4v) is 2.96. The molecule has 0 aliphatic heterocycles. The monoisotopic (exact) mass is 454 g/mol. The third kappa shape index (κ3) is 4.69. The number of carbonyl (C=O) groups excluding carboxylic acids is 1. The van der Waals surface area contributed by atoms with Gasteiger partial charge < -0.3 is 5.32 Å². The van der Waals surface area contributed by atoms with E-state index >= 15 is 0 Å². The zero-order valence-electron chi connectivity index (χ0n) is 16.5. The van der Waals surface area contributed by atoms with Crippen LogP contribution in [0.15, 0.2) is 73.2 Å². The molecule has 0 unspecified atom stereocenters. The highest BCUT2D eigenvalue weighted by Gasteiger charge is 2.36. The van der Waals surface area contributed by atoms with E-state index in [0.29, 0.717) is 10.2 Å². The number of hydrogen-bond acceptors (Lipinski definition) is 6. The first-order valence-electron chi connectivity index (χ1n) is 9.32. The van der Waals surface area contributed by atoms with Crippen molar-refractivity contribution in [3.63, 3.8) is 0 Å². The summed E-state index contributed by atoms with van der Waals surface area (Å²) in [6.07, 6.45) is -0.638. The molecular formula is C21H13F3N6O3. The zero-order valence-corrected chi connectivity index (χ0v) is 16.5. The maximum absolute atomic E-state index is 13.6. The zero-order chi connectivity index (χ0) is 23.6. The van der Waals surface area contributed by atoms with Crippen molar-refractivity contribution in [1.82, 2.24) is 19.7 Å². The van der Waals surface area contributed by atoms with E-state index in [4.69, 9.17) is 0 Å². The number of halogens is 3. The molecule has 166 valence electrons. The number of carbonyl (C=O) groups is 1. The number of alkyl halides is 3. The minimum atomic E-state index is -4.69. The van der Waals surface area contributed by atoms with Crippen LogP contribution in [0.2, 0.25) is 0 Å². The molecule has 1 N–H and O–H groups in total. The van der Waals surface area contributed by atoms with Gasteiger partial charge in [0, 0.05) is 35.7 Å². The molecule has 1 amide bonds. The topological polar surface area (TPSA) is 116 Å². The van der Waals surface area contributed by atoms with Crippen molar-refractivity contribution in [3.8, 4) is 17.1 Å². The average molecular weight is 454 g/mol. The molecule has 0 fully saturated rings. The van der Waals surface area contributed by atoms with Crippen molar-refractivity contribution >= 4 is 17.3 Å². The molecule has 0 saturated carbocycles. The van der Waals surface area contributed by atoms with E-state index in [1.165, 1.54) is 42.7 Å². The van der Waals surface area contributed by atoms with Crippen molar-refractivity contribution in [3.05, 3.63) is 94.6 Å². The number of nitro groups is 1. The van der Waals surface area contributed by atoms with Gasteiger partial charge in [0.2, 0.25) is 0 Å². The molecule has 4 aromatic rings. The minimum absolute atomic E-state index is 0.0424. The van der Waals surface area contributed by atoms with E-state index < -0.39 is 22.7 Å². The Balaban J connectivity index is 1.61. The summed E-state index contributed by atoms with van der Waals surface area (Å²) < 4.78 is 41.4. The molecule has 0 aliphatic carbocycles. The van der Waals surface area contributed by atoms with Crippen LogP contribution in [0.25, 0.3) is 17.1 Å². The Hall–Kier alpha value is -4.61. The van der Waals surface area contributed by atoms with Crippen LogP contribution in [0, 0.1) is 10.1 Å². The summed E-state index contributed by atoms with van der Waals surface area (Å²) in [7, 11) is 0. The van der Waals surface area contributed by atoms with Crippen LogP contribution in [-0.4, -0.2) is 30.6 Å². The normalized spacial score (nSPS) is 11.2. The first-order chi connectivity index (χ1) is 15.7. The molecule has 0 spiro atoms. The molecule has 12 heteroatoms. The van der Waals surface area contributed by atoms with E-state index in [1.54, 1.807) is 12.1 Å². The lowest BCUT2D eigenvalue weighted by Gasteiger charge is -2.10. The predicted octanol–water partition coefficient (Wildman–Crippen LogP) is 4.51. The third-order valence-corrected chi connectivity index (χ3v) is 4.50. The molecule has 33 heavy (non-hydrogen) atoms. The van der Waals surface area contributed by atoms with Crippen molar-refractivity contribution < 1.29 is 22.9 Å². The Morgan fingerprint density at radius 1 is 1.06 bits per heavy atom. The van der Waals surface area contributed by atoms with Gasteiger partial charge in [0.15, 0.2) is 11.5 Å². The number of pyridine rings is 2. The van der Waals surface area contributed by atoms with E-state index in [1.807, 2.05) is 0 Å². The molecule has 4 rings (SSSR count). The standard InChI is InChI=1S/C21H13F3N6O3/c22-21(23,24)18-10-17(14-4-2-8-25-11-14)28-29(18)19-7-6-15(12-26-19)27-20(31)13-3-1-5-16(9-13)30(32)33/h1-12H,(H,27,31). The first kappa shape index (κ1) is 21.6. The minimum Gasteiger partial charge on any atom is -0.321 e. The maximum atomic E-state index is 13.6.